The molecular formula is C50H31BF24O2S. The van der Waals surface area contributed by atoms with E-state index in [4.69, 9.17) is 4.74 Å². The topological polar surface area (TPSA) is 26.3 Å². The summed E-state index contributed by atoms with van der Waals surface area (Å²) in [5.74, 6) is 4.28. The fraction of sp³-hybridized carbons (Fsp3) is 0.240. The van der Waals surface area contributed by atoms with Crippen molar-refractivity contribution in [1.29, 1.82) is 0 Å². The van der Waals surface area contributed by atoms with E-state index >= 15 is 0 Å². The number of halogens is 24. The summed E-state index contributed by atoms with van der Waals surface area (Å²) in [7, 11) is -2.21. The average Bonchev–Trinajstić information content (AvgIpc) is 3.30. The fourth-order valence-electron chi connectivity index (χ4n) is 7.96. The molecule has 0 fully saturated rings. The molecule has 0 saturated carbocycles. The predicted octanol–water partition coefficient (Wildman–Crippen LogP) is 14.9. The molecule has 1 unspecified atom stereocenters. The van der Waals surface area contributed by atoms with Crippen molar-refractivity contribution < 1.29 is 114 Å². The van der Waals surface area contributed by atoms with E-state index in [0.29, 0.717) is 12.4 Å². The summed E-state index contributed by atoms with van der Waals surface area (Å²) >= 11 is 0. The van der Waals surface area contributed by atoms with E-state index in [1.54, 1.807) is 6.26 Å². The number of hydrogen-bond acceptors (Lipinski definition) is 2. The van der Waals surface area contributed by atoms with Crippen molar-refractivity contribution in [3.63, 3.8) is 0 Å². The van der Waals surface area contributed by atoms with Gasteiger partial charge in [0.2, 0.25) is 0 Å². The fourth-order valence-corrected chi connectivity index (χ4v) is 9.20. The molecule has 6 aromatic carbocycles. The summed E-state index contributed by atoms with van der Waals surface area (Å²) in [4.78, 5) is 0. The van der Waals surface area contributed by atoms with Gasteiger partial charge in [-0.25, -0.2) is 0 Å². The minimum absolute atomic E-state index is 0.458. The van der Waals surface area contributed by atoms with Crippen LogP contribution < -0.4 is 26.6 Å². The van der Waals surface area contributed by atoms with Gasteiger partial charge in [-0.15, -0.1) is 0 Å². The van der Waals surface area contributed by atoms with E-state index < -0.39 is 205 Å². The van der Waals surface area contributed by atoms with Gasteiger partial charge in [0.15, 0.2) is 15.2 Å². The lowest BCUT2D eigenvalue weighted by Crippen LogP contribution is -2.75. The van der Waals surface area contributed by atoms with Crippen molar-refractivity contribution in [2.75, 3.05) is 12.9 Å². The number of benzene rings is 6. The van der Waals surface area contributed by atoms with E-state index in [1.165, 1.54) is 0 Å². The third-order valence-corrected chi connectivity index (χ3v) is 12.7. The van der Waals surface area contributed by atoms with Crippen LogP contribution in [-0.4, -0.2) is 19.0 Å². The second-order valence-corrected chi connectivity index (χ2v) is 19.5. The Morgan fingerprint density at radius 2 is 0.654 bits per heavy atom. The van der Waals surface area contributed by atoms with Crippen molar-refractivity contribution in [3.05, 3.63) is 183 Å². The van der Waals surface area contributed by atoms with Crippen molar-refractivity contribution in [3.8, 4) is 16.9 Å². The molecule has 0 spiro atoms. The first kappa shape index (κ1) is 62.1. The van der Waals surface area contributed by atoms with E-state index in [2.05, 4.69) is 11.2 Å². The maximum atomic E-state index is 14.2. The van der Waals surface area contributed by atoms with E-state index in [-0.39, 0.29) is 0 Å². The minimum atomic E-state index is -6.13. The van der Waals surface area contributed by atoms with Crippen LogP contribution in [0.1, 0.15) is 62.6 Å². The Balaban J connectivity index is 0.000000443. The molecule has 6 rings (SSSR count). The van der Waals surface area contributed by atoms with Crippen LogP contribution in [0.15, 0.2) is 127 Å². The normalized spacial score (nSPS) is 13.9. The molecule has 0 N–H and O–H groups in total. The van der Waals surface area contributed by atoms with E-state index in [0.717, 1.165) is 16.9 Å². The Bertz CT molecular complexity index is 2770. The van der Waals surface area contributed by atoms with Gasteiger partial charge in [0, 0.05) is 11.1 Å². The largest absolute Gasteiger partial charge is 0.494 e. The van der Waals surface area contributed by atoms with Crippen molar-refractivity contribution in [2.24, 2.45) is 0 Å². The third kappa shape index (κ3) is 15.3. The van der Waals surface area contributed by atoms with E-state index in [1.807, 2.05) is 61.5 Å². The van der Waals surface area contributed by atoms with Gasteiger partial charge in [0.1, 0.15) is 23.9 Å². The molecule has 0 radical (unpaired) electrons. The summed E-state index contributed by atoms with van der Waals surface area (Å²) in [5.41, 5.74) is -28.3. The summed E-state index contributed by atoms with van der Waals surface area (Å²) in [6.07, 6.45) is -53.1. The molecule has 78 heavy (non-hydrogen) atoms. The molecule has 0 saturated heterocycles. The molecule has 0 aliphatic heterocycles. The lowest BCUT2D eigenvalue weighted by molar-refractivity contribution is -0.144. The van der Waals surface area contributed by atoms with Gasteiger partial charge >= 0.3 is 49.4 Å². The van der Waals surface area contributed by atoms with E-state index in [9.17, 15) is 110 Å². The van der Waals surface area contributed by atoms with Crippen LogP contribution >= 0.6 is 0 Å². The minimum Gasteiger partial charge on any atom is -0.494 e. The molecule has 0 bridgehead atoms. The summed E-state index contributed by atoms with van der Waals surface area (Å²) < 4.78 is 359. The van der Waals surface area contributed by atoms with Gasteiger partial charge in [0.25, 0.3) is 0 Å². The first-order valence-electron chi connectivity index (χ1n) is 21.5. The van der Waals surface area contributed by atoms with Crippen molar-refractivity contribution in [2.45, 2.75) is 62.1 Å². The molecule has 28 heteroatoms. The average molecular weight is 1160 g/mol. The smallest absolute Gasteiger partial charge is 0.416 e. The van der Waals surface area contributed by atoms with Gasteiger partial charge in [-0.2, -0.15) is 127 Å². The van der Waals surface area contributed by atoms with Crippen LogP contribution in [-0.2, 0) is 69.3 Å². The maximum Gasteiger partial charge on any atom is 0.416 e. The Morgan fingerprint density at radius 3 is 0.885 bits per heavy atom. The second kappa shape index (κ2) is 21.8. The van der Waals surface area contributed by atoms with Crippen molar-refractivity contribution in [1.82, 2.24) is 0 Å². The molecule has 0 amide bonds. The van der Waals surface area contributed by atoms with Gasteiger partial charge in [-0.3, -0.25) is 0 Å². The highest BCUT2D eigenvalue weighted by molar-refractivity contribution is 8.05. The van der Waals surface area contributed by atoms with Crippen molar-refractivity contribution >= 4 is 37.9 Å². The molecule has 2 nitrogen and oxygen atoms in total. The molecule has 0 heterocycles. The standard InChI is InChI=1S/C32H12BF24.C18H19O2S/c34-25(35,36)13-1-14(26(37,38)39)6-21(5-13)33(22-7-15(27(40,41)42)2-16(8-22)28(43,44)45,23-9-17(29(46,47)48)3-18(10-23)30(49,50)51)24-11-19(31(52,53)54)4-20(12-24)32(55,56)57;1-3-20-18-11-9-17(10-12-18)15-21(2,19)14-13-16-7-5-4-6-8-16/h1-12H;4-12H,3,15H2,1-2H3/q-1;+1. The summed E-state index contributed by atoms with van der Waals surface area (Å²) in [6, 6.07) is 8.50. The SMILES string of the molecule is CCOc1ccc(C[S+](C)(=O)C#Cc2ccccc2)cc1.FC(F)(F)c1cc([B-](c2cc(C(F)(F)F)cc(C(F)(F)F)c2)(c2cc(C(F)(F)F)cc(C(F)(F)F)c2)c2cc(C(F)(F)F)cc(C(F)(F)F)c2)cc(C(F)(F)F)c1. The molecule has 420 valence electrons. The van der Waals surface area contributed by atoms with Crippen LogP contribution in [0.4, 0.5) is 105 Å². The lowest BCUT2D eigenvalue weighted by Gasteiger charge is -2.46. The Labute approximate surface area is 426 Å². The highest BCUT2D eigenvalue weighted by Gasteiger charge is 2.47. The highest BCUT2D eigenvalue weighted by Crippen LogP contribution is 2.41. The first-order chi connectivity index (χ1) is 35.4. The quantitative estimate of drug-likeness (QED) is 0.0657. The second-order valence-electron chi connectivity index (χ2n) is 17.0. The Kier molecular flexibility index (Phi) is 17.3. The summed E-state index contributed by atoms with van der Waals surface area (Å²) in [5, 5.41) is 2.91. The number of rotatable bonds is 8. The molecule has 1 atom stereocenters. The van der Waals surface area contributed by atoms with Gasteiger partial charge in [-0.1, -0.05) is 83.1 Å². The maximum absolute atomic E-state index is 14.2. The molecule has 6 aromatic rings. The zero-order chi connectivity index (χ0) is 59.0. The highest BCUT2D eigenvalue weighted by atomic mass is 32.2. The Hall–Kier alpha value is -6.79. The molecular weight excluding hydrogens is 1130 g/mol. The number of alkyl halides is 24. The van der Waals surface area contributed by atoms with Gasteiger partial charge in [0.05, 0.1) is 51.1 Å². The monoisotopic (exact) mass is 1160 g/mol. The zero-order valence-electron chi connectivity index (χ0n) is 38.9. The summed E-state index contributed by atoms with van der Waals surface area (Å²) in [6.45, 7) is 2.60. The third-order valence-electron chi connectivity index (χ3n) is 11.3. The lowest BCUT2D eigenvalue weighted by atomic mass is 9.12. The number of ether oxygens (including phenoxy) is 1. The molecule has 0 aliphatic carbocycles. The molecule has 0 aromatic heterocycles. The van der Waals surface area contributed by atoms with Crippen LogP contribution in [0.2, 0.25) is 0 Å². The Morgan fingerprint density at radius 1 is 0.397 bits per heavy atom. The number of hydrogen-bond donors (Lipinski definition) is 0. The van der Waals surface area contributed by atoms with Crippen LogP contribution in [0.3, 0.4) is 0 Å². The van der Waals surface area contributed by atoms with Crippen LogP contribution in [0.25, 0.3) is 0 Å². The van der Waals surface area contributed by atoms with Gasteiger partial charge < -0.3 is 4.74 Å². The molecule has 0 aliphatic rings. The predicted molar refractivity (Wildman–Crippen MR) is 239 cm³/mol. The van der Waals surface area contributed by atoms with Gasteiger partial charge in [-0.05, 0) is 61.4 Å². The zero-order valence-corrected chi connectivity index (χ0v) is 39.7. The van der Waals surface area contributed by atoms with Crippen LogP contribution in [0.5, 0.6) is 5.75 Å². The first-order valence-corrected chi connectivity index (χ1v) is 23.6. The van der Waals surface area contributed by atoms with Crippen LogP contribution in [0, 0.1) is 11.2 Å².